The van der Waals surface area contributed by atoms with Crippen molar-refractivity contribution in [3.05, 3.63) is 35.4 Å². The summed E-state index contributed by atoms with van der Waals surface area (Å²) >= 11 is 0. The zero-order valence-corrected chi connectivity index (χ0v) is 13.7. The summed E-state index contributed by atoms with van der Waals surface area (Å²) in [7, 11) is 3.63. The predicted octanol–water partition coefficient (Wildman–Crippen LogP) is 2.75. The third-order valence-electron chi connectivity index (χ3n) is 3.44. The highest BCUT2D eigenvalue weighted by molar-refractivity contribution is 5.26. The second kappa shape index (κ2) is 10.7. The van der Waals surface area contributed by atoms with Gasteiger partial charge in [0, 0.05) is 7.11 Å². The Morgan fingerprint density at radius 2 is 1.48 bits per heavy atom. The summed E-state index contributed by atoms with van der Waals surface area (Å²) in [6, 6.07) is 8.95. The van der Waals surface area contributed by atoms with Gasteiger partial charge >= 0.3 is 0 Å². The lowest BCUT2D eigenvalue weighted by Gasteiger charge is -2.18. The molecule has 0 saturated carbocycles. The lowest BCUT2D eigenvalue weighted by Crippen LogP contribution is -2.23. The summed E-state index contributed by atoms with van der Waals surface area (Å²) in [5, 5.41) is 3.29. The van der Waals surface area contributed by atoms with E-state index in [0.717, 1.165) is 0 Å². The molecule has 0 heterocycles. The standard InChI is InChI=1S/C17H29NO3/c1-14(2)15-5-7-16(8-6-15)17(18-3)13-21-12-11-20-10-9-19-4/h5-8,14,17-18H,9-13H2,1-4H3. The molecule has 21 heavy (non-hydrogen) atoms. The molecule has 0 fully saturated rings. The van der Waals surface area contributed by atoms with Crippen molar-refractivity contribution in [2.45, 2.75) is 25.8 Å². The summed E-state index contributed by atoms with van der Waals surface area (Å²) in [6.45, 7) is 7.51. The molecule has 1 atom stereocenters. The summed E-state index contributed by atoms with van der Waals surface area (Å²) in [6.07, 6.45) is 0. The Bertz CT molecular complexity index is 365. The summed E-state index contributed by atoms with van der Waals surface area (Å²) in [5.41, 5.74) is 2.61. The Labute approximate surface area is 128 Å². The minimum Gasteiger partial charge on any atom is -0.382 e. The van der Waals surface area contributed by atoms with Crippen molar-refractivity contribution in [3.8, 4) is 0 Å². The van der Waals surface area contributed by atoms with E-state index >= 15 is 0 Å². The fraction of sp³-hybridized carbons (Fsp3) is 0.647. The summed E-state index contributed by atoms with van der Waals surface area (Å²) in [5.74, 6) is 0.563. The van der Waals surface area contributed by atoms with Gasteiger partial charge in [0.2, 0.25) is 0 Å². The van der Waals surface area contributed by atoms with E-state index in [1.54, 1.807) is 7.11 Å². The van der Waals surface area contributed by atoms with Crippen LogP contribution in [0.1, 0.15) is 36.9 Å². The average molecular weight is 295 g/mol. The monoisotopic (exact) mass is 295 g/mol. The molecule has 0 aliphatic heterocycles. The van der Waals surface area contributed by atoms with E-state index in [9.17, 15) is 0 Å². The second-order valence-electron chi connectivity index (χ2n) is 5.34. The van der Waals surface area contributed by atoms with E-state index in [1.807, 2.05) is 7.05 Å². The van der Waals surface area contributed by atoms with Crippen LogP contribution in [0.15, 0.2) is 24.3 Å². The van der Waals surface area contributed by atoms with Crippen molar-refractivity contribution >= 4 is 0 Å². The third-order valence-corrected chi connectivity index (χ3v) is 3.44. The van der Waals surface area contributed by atoms with Crippen LogP contribution in [0.25, 0.3) is 0 Å². The fourth-order valence-corrected chi connectivity index (χ4v) is 2.02. The van der Waals surface area contributed by atoms with E-state index < -0.39 is 0 Å². The van der Waals surface area contributed by atoms with Crippen molar-refractivity contribution < 1.29 is 14.2 Å². The molecular formula is C17H29NO3. The van der Waals surface area contributed by atoms with Gasteiger partial charge in [0.05, 0.1) is 39.1 Å². The minimum absolute atomic E-state index is 0.213. The first kappa shape index (κ1) is 18.1. The Balaban J connectivity index is 2.30. The normalized spacial score (nSPS) is 12.8. The molecular weight excluding hydrogens is 266 g/mol. The largest absolute Gasteiger partial charge is 0.382 e. The number of hydrogen-bond donors (Lipinski definition) is 1. The van der Waals surface area contributed by atoms with Crippen LogP contribution in [-0.2, 0) is 14.2 Å². The van der Waals surface area contributed by atoms with Crippen LogP contribution in [0.2, 0.25) is 0 Å². The molecule has 0 bridgehead atoms. The molecule has 120 valence electrons. The molecule has 0 radical (unpaired) electrons. The number of methoxy groups -OCH3 is 1. The Morgan fingerprint density at radius 1 is 0.905 bits per heavy atom. The van der Waals surface area contributed by atoms with Gasteiger partial charge in [0.15, 0.2) is 0 Å². The second-order valence-corrected chi connectivity index (χ2v) is 5.34. The third kappa shape index (κ3) is 7.05. The molecule has 1 unspecified atom stereocenters. The van der Waals surface area contributed by atoms with Crippen LogP contribution in [0.5, 0.6) is 0 Å². The van der Waals surface area contributed by atoms with Crippen LogP contribution >= 0.6 is 0 Å². The number of hydrogen-bond acceptors (Lipinski definition) is 4. The van der Waals surface area contributed by atoms with Crippen LogP contribution in [-0.4, -0.2) is 47.2 Å². The first-order valence-corrected chi connectivity index (χ1v) is 7.60. The van der Waals surface area contributed by atoms with Crippen molar-refractivity contribution in [2.75, 3.05) is 47.2 Å². The number of nitrogens with one attached hydrogen (secondary N) is 1. The molecule has 0 aliphatic carbocycles. The van der Waals surface area contributed by atoms with Crippen LogP contribution in [0, 0.1) is 0 Å². The highest BCUT2D eigenvalue weighted by atomic mass is 16.5. The lowest BCUT2D eigenvalue weighted by molar-refractivity contribution is 0.0197. The molecule has 0 saturated heterocycles. The molecule has 4 nitrogen and oxygen atoms in total. The van der Waals surface area contributed by atoms with Crippen LogP contribution < -0.4 is 5.32 Å². The van der Waals surface area contributed by atoms with E-state index in [-0.39, 0.29) is 6.04 Å². The SMILES string of the molecule is CNC(COCCOCCOC)c1ccc(C(C)C)cc1. The predicted molar refractivity (Wildman–Crippen MR) is 85.8 cm³/mol. The lowest BCUT2D eigenvalue weighted by atomic mass is 9.99. The zero-order valence-electron chi connectivity index (χ0n) is 13.7. The van der Waals surface area contributed by atoms with Gasteiger partial charge < -0.3 is 19.5 Å². The number of likely N-dealkylation sites (N-methyl/N-ethyl adjacent to an activating group) is 1. The fourth-order valence-electron chi connectivity index (χ4n) is 2.02. The first-order chi connectivity index (χ1) is 10.2. The topological polar surface area (TPSA) is 39.7 Å². The van der Waals surface area contributed by atoms with Gasteiger partial charge in [-0.3, -0.25) is 0 Å². The van der Waals surface area contributed by atoms with Crippen molar-refractivity contribution in [1.82, 2.24) is 5.32 Å². The van der Waals surface area contributed by atoms with E-state index in [4.69, 9.17) is 14.2 Å². The summed E-state index contributed by atoms with van der Waals surface area (Å²) in [4.78, 5) is 0. The number of rotatable bonds is 11. The Morgan fingerprint density at radius 3 is 2.05 bits per heavy atom. The Kier molecular flexibility index (Phi) is 9.26. The molecule has 1 rings (SSSR count). The van der Waals surface area contributed by atoms with Gasteiger partial charge in [-0.1, -0.05) is 38.1 Å². The zero-order chi connectivity index (χ0) is 15.5. The maximum Gasteiger partial charge on any atom is 0.0701 e. The molecule has 4 heteroatoms. The summed E-state index contributed by atoms with van der Waals surface area (Å²) < 4.78 is 15.9. The van der Waals surface area contributed by atoms with E-state index in [1.165, 1.54) is 11.1 Å². The highest BCUT2D eigenvalue weighted by Gasteiger charge is 2.09. The molecule has 0 amide bonds. The maximum absolute atomic E-state index is 5.67. The van der Waals surface area contributed by atoms with Crippen molar-refractivity contribution in [1.29, 1.82) is 0 Å². The van der Waals surface area contributed by atoms with Gasteiger partial charge in [0.25, 0.3) is 0 Å². The quantitative estimate of drug-likeness (QED) is 0.637. The smallest absolute Gasteiger partial charge is 0.0701 e. The van der Waals surface area contributed by atoms with Gasteiger partial charge in [-0.05, 0) is 24.1 Å². The van der Waals surface area contributed by atoms with E-state index in [0.29, 0.717) is 39.0 Å². The Hall–Kier alpha value is -0.940. The molecule has 0 aromatic heterocycles. The first-order valence-electron chi connectivity index (χ1n) is 7.60. The maximum atomic E-state index is 5.67. The number of ether oxygens (including phenoxy) is 3. The minimum atomic E-state index is 0.213. The van der Waals surface area contributed by atoms with Crippen molar-refractivity contribution in [3.63, 3.8) is 0 Å². The van der Waals surface area contributed by atoms with Crippen LogP contribution in [0.3, 0.4) is 0 Å². The van der Waals surface area contributed by atoms with Gasteiger partial charge in [-0.15, -0.1) is 0 Å². The molecule has 1 aromatic rings. The van der Waals surface area contributed by atoms with Gasteiger partial charge in [0.1, 0.15) is 0 Å². The number of benzene rings is 1. The van der Waals surface area contributed by atoms with Crippen LogP contribution in [0.4, 0.5) is 0 Å². The van der Waals surface area contributed by atoms with E-state index in [2.05, 4.69) is 43.4 Å². The van der Waals surface area contributed by atoms with Gasteiger partial charge in [-0.25, -0.2) is 0 Å². The molecule has 1 N–H and O–H groups in total. The van der Waals surface area contributed by atoms with Gasteiger partial charge in [-0.2, -0.15) is 0 Å². The molecule has 1 aromatic carbocycles. The highest BCUT2D eigenvalue weighted by Crippen LogP contribution is 2.18. The average Bonchev–Trinajstić information content (AvgIpc) is 2.50. The molecule has 0 spiro atoms. The van der Waals surface area contributed by atoms with Crippen molar-refractivity contribution in [2.24, 2.45) is 0 Å². The molecule has 0 aliphatic rings.